The first-order chi connectivity index (χ1) is 12.6. The van der Waals surface area contributed by atoms with E-state index in [2.05, 4.69) is 65.4 Å². The van der Waals surface area contributed by atoms with E-state index in [4.69, 9.17) is 4.98 Å². The molecule has 3 aromatic rings. The molecule has 0 atom stereocenters. The van der Waals surface area contributed by atoms with Gasteiger partial charge in [0.1, 0.15) is 5.82 Å². The maximum Gasteiger partial charge on any atom is 0.228 e. The number of hydrogen-bond donors (Lipinski definition) is 1. The fourth-order valence-electron chi connectivity index (χ4n) is 2.82. The lowest BCUT2D eigenvalue weighted by molar-refractivity contribution is 0.659. The summed E-state index contributed by atoms with van der Waals surface area (Å²) < 4.78 is 0. The van der Waals surface area contributed by atoms with Crippen LogP contribution in [-0.2, 0) is 13.1 Å². The van der Waals surface area contributed by atoms with Crippen molar-refractivity contribution in [2.45, 2.75) is 39.9 Å². The average Bonchev–Trinajstić information content (AvgIpc) is 2.65. The summed E-state index contributed by atoms with van der Waals surface area (Å²) in [6.45, 7) is 7.90. The minimum absolute atomic E-state index is 0.305. The van der Waals surface area contributed by atoms with Crippen molar-refractivity contribution in [2.75, 3.05) is 10.2 Å². The summed E-state index contributed by atoms with van der Waals surface area (Å²) >= 11 is 0. The van der Waals surface area contributed by atoms with Gasteiger partial charge in [0.05, 0.1) is 0 Å². The fraction of sp³-hybridized carbons (Fsp3) is 0.273. The summed E-state index contributed by atoms with van der Waals surface area (Å²) in [4.78, 5) is 11.7. The first-order valence-corrected chi connectivity index (χ1v) is 9.06. The molecule has 3 rings (SSSR count). The normalized spacial score (nSPS) is 10.8. The van der Waals surface area contributed by atoms with Crippen LogP contribution in [0.4, 0.5) is 11.8 Å². The largest absolute Gasteiger partial charge is 0.366 e. The van der Waals surface area contributed by atoms with E-state index in [-0.39, 0.29) is 0 Å². The maximum atomic E-state index is 4.77. The molecule has 0 fully saturated rings. The first-order valence-electron chi connectivity index (χ1n) is 9.06. The van der Waals surface area contributed by atoms with Crippen LogP contribution in [0, 0.1) is 6.92 Å². The third-order valence-corrected chi connectivity index (χ3v) is 4.23. The smallest absolute Gasteiger partial charge is 0.228 e. The Morgan fingerprint density at radius 1 is 0.885 bits per heavy atom. The van der Waals surface area contributed by atoms with Crippen molar-refractivity contribution < 1.29 is 0 Å². The molecule has 0 unspecified atom stereocenters. The van der Waals surface area contributed by atoms with Gasteiger partial charge in [0.25, 0.3) is 0 Å². The van der Waals surface area contributed by atoms with Crippen LogP contribution in [0.15, 0.2) is 66.7 Å². The summed E-state index contributed by atoms with van der Waals surface area (Å²) in [7, 11) is 0. The second-order valence-corrected chi connectivity index (χ2v) is 6.74. The van der Waals surface area contributed by atoms with Gasteiger partial charge in [0.15, 0.2) is 0 Å². The molecule has 0 aliphatic carbocycles. The fourth-order valence-corrected chi connectivity index (χ4v) is 2.82. The van der Waals surface area contributed by atoms with Gasteiger partial charge in [-0.2, -0.15) is 4.98 Å². The Morgan fingerprint density at radius 2 is 1.50 bits per heavy atom. The number of nitrogens with zero attached hydrogens (tertiary/aromatic N) is 3. The van der Waals surface area contributed by atoms with Crippen molar-refractivity contribution in [3.8, 4) is 0 Å². The molecule has 0 aliphatic heterocycles. The highest BCUT2D eigenvalue weighted by atomic mass is 15.3. The molecule has 0 saturated heterocycles. The standard InChI is InChI=1S/C22H26N4/c1-17(2)26(16-20-12-8-5-9-13-20)22-24-18(3)14-21(25-22)23-15-19-10-6-4-7-11-19/h4-14,17H,15-16H2,1-3H3,(H,23,24,25). The Balaban J connectivity index is 1.80. The van der Waals surface area contributed by atoms with Crippen molar-refractivity contribution in [2.24, 2.45) is 0 Å². The predicted octanol–water partition coefficient (Wildman–Crippen LogP) is 4.81. The molecule has 0 spiro atoms. The quantitative estimate of drug-likeness (QED) is 0.666. The Kier molecular flexibility index (Phi) is 5.84. The lowest BCUT2D eigenvalue weighted by Crippen LogP contribution is -2.32. The van der Waals surface area contributed by atoms with E-state index >= 15 is 0 Å². The summed E-state index contributed by atoms with van der Waals surface area (Å²) in [5.74, 6) is 1.62. The van der Waals surface area contributed by atoms with E-state index in [0.717, 1.165) is 30.5 Å². The molecule has 0 saturated carbocycles. The van der Waals surface area contributed by atoms with Crippen molar-refractivity contribution in [1.82, 2.24) is 9.97 Å². The van der Waals surface area contributed by atoms with Gasteiger partial charge in [-0.3, -0.25) is 0 Å². The predicted molar refractivity (Wildman–Crippen MR) is 108 cm³/mol. The van der Waals surface area contributed by atoms with E-state index in [1.807, 2.05) is 37.3 Å². The molecule has 4 nitrogen and oxygen atoms in total. The highest BCUT2D eigenvalue weighted by Gasteiger charge is 2.15. The molecule has 1 N–H and O–H groups in total. The van der Waals surface area contributed by atoms with Crippen molar-refractivity contribution >= 4 is 11.8 Å². The molecule has 2 aromatic carbocycles. The molecule has 4 heteroatoms. The molecule has 0 radical (unpaired) electrons. The van der Waals surface area contributed by atoms with Gasteiger partial charge in [0, 0.05) is 30.9 Å². The molecule has 1 heterocycles. The first kappa shape index (κ1) is 17.9. The van der Waals surface area contributed by atoms with Crippen LogP contribution >= 0.6 is 0 Å². The van der Waals surface area contributed by atoms with Crippen molar-refractivity contribution in [1.29, 1.82) is 0 Å². The summed E-state index contributed by atoms with van der Waals surface area (Å²) in [5.41, 5.74) is 3.45. The molecular weight excluding hydrogens is 320 g/mol. The maximum absolute atomic E-state index is 4.77. The van der Waals surface area contributed by atoms with Crippen molar-refractivity contribution in [3.63, 3.8) is 0 Å². The van der Waals surface area contributed by atoms with E-state index in [1.54, 1.807) is 0 Å². The second-order valence-electron chi connectivity index (χ2n) is 6.74. The zero-order valence-electron chi connectivity index (χ0n) is 15.7. The average molecular weight is 346 g/mol. The van der Waals surface area contributed by atoms with Crippen molar-refractivity contribution in [3.05, 3.63) is 83.6 Å². The summed E-state index contributed by atoms with van der Waals surface area (Å²) in [6, 6.07) is 23.1. The highest BCUT2D eigenvalue weighted by molar-refractivity contribution is 5.45. The third-order valence-electron chi connectivity index (χ3n) is 4.23. The lowest BCUT2D eigenvalue weighted by atomic mass is 10.2. The zero-order valence-corrected chi connectivity index (χ0v) is 15.7. The number of aromatic nitrogens is 2. The zero-order chi connectivity index (χ0) is 18.4. The number of benzene rings is 2. The van der Waals surface area contributed by atoms with Crippen LogP contribution in [0.3, 0.4) is 0 Å². The minimum Gasteiger partial charge on any atom is -0.366 e. The molecule has 0 aliphatic rings. The lowest BCUT2D eigenvalue weighted by Gasteiger charge is -2.27. The summed E-state index contributed by atoms with van der Waals surface area (Å²) in [5, 5.41) is 3.42. The van der Waals surface area contributed by atoms with Gasteiger partial charge in [0.2, 0.25) is 5.95 Å². The van der Waals surface area contributed by atoms with E-state index in [0.29, 0.717) is 6.04 Å². The highest BCUT2D eigenvalue weighted by Crippen LogP contribution is 2.19. The molecule has 134 valence electrons. The van der Waals surface area contributed by atoms with Crippen LogP contribution in [0.5, 0.6) is 0 Å². The molecular formula is C22H26N4. The number of hydrogen-bond acceptors (Lipinski definition) is 4. The van der Waals surface area contributed by atoms with Crippen LogP contribution in [0.2, 0.25) is 0 Å². The molecule has 0 amide bonds. The number of aryl methyl sites for hydroxylation is 1. The topological polar surface area (TPSA) is 41.1 Å². The SMILES string of the molecule is Cc1cc(NCc2ccccc2)nc(N(Cc2ccccc2)C(C)C)n1. The third kappa shape index (κ3) is 4.82. The van der Waals surface area contributed by atoms with Crippen LogP contribution < -0.4 is 10.2 Å². The van der Waals surface area contributed by atoms with E-state index < -0.39 is 0 Å². The number of nitrogens with one attached hydrogen (secondary N) is 1. The number of rotatable bonds is 7. The van der Waals surface area contributed by atoms with Crippen LogP contribution in [0.25, 0.3) is 0 Å². The van der Waals surface area contributed by atoms with Crippen LogP contribution in [-0.4, -0.2) is 16.0 Å². The van der Waals surface area contributed by atoms with Gasteiger partial charge in [-0.1, -0.05) is 60.7 Å². The second kappa shape index (κ2) is 8.48. The Hall–Kier alpha value is -2.88. The number of anilines is 2. The van der Waals surface area contributed by atoms with Gasteiger partial charge in [-0.15, -0.1) is 0 Å². The Labute approximate surface area is 155 Å². The van der Waals surface area contributed by atoms with Crippen LogP contribution in [0.1, 0.15) is 30.7 Å². The molecule has 26 heavy (non-hydrogen) atoms. The van der Waals surface area contributed by atoms with Gasteiger partial charge < -0.3 is 10.2 Å². The van der Waals surface area contributed by atoms with Gasteiger partial charge >= 0.3 is 0 Å². The summed E-state index contributed by atoms with van der Waals surface area (Å²) in [6.07, 6.45) is 0. The molecule has 0 bridgehead atoms. The Bertz CT molecular complexity index is 816. The van der Waals surface area contributed by atoms with E-state index in [9.17, 15) is 0 Å². The van der Waals surface area contributed by atoms with Gasteiger partial charge in [-0.25, -0.2) is 4.98 Å². The monoisotopic (exact) mass is 346 g/mol. The Morgan fingerprint density at radius 3 is 2.12 bits per heavy atom. The van der Waals surface area contributed by atoms with Gasteiger partial charge in [-0.05, 0) is 31.9 Å². The molecule has 1 aromatic heterocycles. The minimum atomic E-state index is 0.305. The van der Waals surface area contributed by atoms with E-state index in [1.165, 1.54) is 11.1 Å².